The van der Waals surface area contributed by atoms with Gasteiger partial charge in [-0.15, -0.1) is 0 Å². The molecule has 3 heterocycles. The van der Waals surface area contributed by atoms with E-state index in [1.54, 1.807) is 0 Å². The first-order valence-electron chi connectivity index (χ1n) is 7.92. The van der Waals surface area contributed by atoms with E-state index < -0.39 is 5.82 Å². The van der Waals surface area contributed by atoms with Gasteiger partial charge in [-0.1, -0.05) is 0 Å². The van der Waals surface area contributed by atoms with E-state index in [1.165, 1.54) is 25.4 Å². The highest BCUT2D eigenvalue weighted by Gasteiger charge is 2.14. The van der Waals surface area contributed by atoms with Gasteiger partial charge in [-0.2, -0.15) is 0 Å². The molecular formula is C16H19FN6O. The first kappa shape index (κ1) is 16.1. The molecule has 1 amide bonds. The van der Waals surface area contributed by atoms with Gasteiger partial charge in [0.1, 0.15) is 23.8 Å². The average molecular weight is 330 g/mol. The third-order valence-electron chi connectivity index (χ3n) is 3.77. The zero-order valence-corrected chi connectivity index (χ0v) is 13.2. The lowest BCUT2D eigenvalue weighted by molar-refractivity contribution is 0.0954. The number of rotatable bonds is 6. The molecule has 0 saturated carbocycles. The van der Waals surface area contributed by atoms with Crippen LogP contribution in [0, 0.1) is 5.82 Å². The number of nitrogens with zero attached hydrogens (tertiary/aromatic N) is 4. The van der Waals surface area contributed by atoms with Crippen molar-refractivity contribution in [3.8, 4) is 0 Å². The minimum Gasteiger partial charge on any atom is -0.368 e. The number of aromatic nitrogens is 3. The molecule has 1 fully saturated rings. The van der Waals surface area contributed by atoms with Crippen LogP contribution < -0.4 is 15.5 Å². The summed E-state index contributed by atoms with van der Waals surface area (Å²) in [5.41, 5.74) is 0.202. The van der Waals surface area contributed by atoms with Gasteiger partial charge >= 0.3 is 0 Å². The largest absolute Gasteiger partial charge is 0.368 e. The Morgan fingerprint density at radius 1 is 1.17 bits per heavy atom. The molecule has 8 heteroatoms. The Balaban J connectivity index is 1.46. The Morgan fingerprint density at radius 2 is 2.00 bits per heavy atom. The molecule has 126 valence electrons. The molecule has 1 aliphatic rings. The maximum Gasteiger partial charge on any atom is 0.253 e. The number of carbonyl (C=O) groups is 1. The highest BCUT2D eigenvalue weighted by Crippen LogP contribution is 2.18. The zero-order valence-electron chi connectivity index (χ0n) is 13.2. The molecule has 2 N–H and O–H groups in total. The summed E-state index contributed by atoms with van der Waals surface area (Å²) in [4.78, 5) is 26.2. The second-order valence-corrected chi connectivity index (χ2v) is 5.53. The monoisotopic (exact) mass is 330 g/mol. The smallest absolute Gasteiger partial charge is 0.253 e. The van der Waals surface area contributed by atoms with Crippen LogP contribution in [0.2, 0.25) is 0 Å². The fourth-order valence-electron chi connectivity index (χ4n) is 2.57. The molecule has 2 aromatic rings. The lowest BCUT2D eigenvalue weighted by Gasteiger charge is -2.16. The summed E-state index contributed by atoms with van der Waals surface area (Å²) < 4.78 is 13.0. The molecule has 1 saturated heterocycles. The van der Waals surface area contributed by atoms with E-state index >= 15 is 0 Å². The molecule has 0 aromatic carbocycles. The second-order valence-electron chi connectivity index (χ2n) is 5.53. The fourth-order valence-corrected chi connectivity index (χ4v) is 2.57. The predicted molar refractivity (Wildman–Crippen MR) is 88.5 cm³/mol. The number of hydrogen-bond acceptors (Lipinski definition) is 6. The molecule has 3 rings (SSSR count). The van der Waals surface area contributed by atoms with Crippen molar-refractivity contribution in [2.45, 2.75) is 12.8 Å². The maximum atomic E-state index is 13.0. The maximum absolute atomic E-state index is 13.0. The zero-order chi connectivity index (χ0) is 16.8. The highest BCUT2D eigenvalue weighted by atomic mass is 19.1. The van der Waals surface area contributed by atoms with E-state index in [9.17, 15) is 9.18 Å². The number of halogens is 1. The van der Waals surface area contributed by atoms with Crippen LogP contribution in [0.3, 0.4) is 0 Å². The molecule has 24 heavy (non-hydrogen) atoms. The third kappa shape index (κ3) is 4.15. The number of amides is 1. The van der Waals surface area contributed by atoms with Crippen LogP contribution in [0.25, 0.3) is 0 Å². The Labute approximate surface area is 139 Å². The van der Waals surface area contributed by atoms with Crippen LogP contribution >= 0.6 is 0 Å². The van der Waals surface area contributed by atoms with Crippen LogP contribution in [-0.4, -0.2) is 47.0 Å². The van der Waals surface area contributed by atoms with Crippen LogP contribution in [0.15, 0.2) is 30.9 Å². The minimum atomic E-state index is -0.531. The highest BCUT2D eigenvalue weighted by molar-refractivity contribution is 5.93. The van der Waals surface area contributed by atoms with Crippen LogP contribution in [0.1, 0.15) is 23.2 Å². The Kier molecular flexibility index (Phi) is 5.15. The van der Waals surface area contributed by atoms with Gasteiger partial charge < -0.3 is 15.5 Å². The number of pyridine rings is 1. The van der Waals surface area contributed by atoms with Gasteiger partial charge in [-0.25, -0.2) is 14.4 Å². The molecular weight excluding hydrogens is 311 g/mol. The summed E-state index contributed by atoms with van der Waals surface area (Å²) in [6, 6.07) is 3.06. The molecule has 7 nitrogen and oxygen atoms in total. The quantitative estimate of drug-likeness (QED) is 0.780. The molecule has 0 spiro atoms. The van der Waals surface area contributed by atoms with Crippen molar-refractivity contribution in [3.05, 3.63) is 42.2 Å². The van der Waals surface area contributed by atoms with Crippen LogP contribution in [0.5, 0.6) is 0 Å². The molecule has 1 aliphatic heterocycles. The number of hydrogen-bond donors (Lipinski definition) is 2. The Hall–Kier alpha value is -2.77. The normalized spacial score (nSPS) is 13.8. The van der Waals surface area contributed by atoms with Crippen molar-refractivity contribution in [3.63, 3.8) is 0 Å². The van der Waals surface area contributed by atoms with Crippen molar-refractivity contribution < 1.29 is 9.18 Å². The summed E-state index contributed by atoms with van der Waals surface area (Å²) in [5.74, 6) is 0.744. The summed E-state index contributed by atoms with van der Waals surface area (Å²) in [6.45, 7) is 2.94. The van der Waals surface area contributed by atoms with E-state index in [-0.39, 0.29) is 11.5 Å². The summed E-state index contributed by atoms with van der Waals surface area (Å²) in [7, 11) is 0. The predicted octanol–water partition coefficient (Wildman–Crippen LogP) is 1.45. The average Bonchev–Trinajstić information content (AvgIpc) is 3.13. The van der Waals surface area contributed by atoms with E-state index in [4.69, 9.17) is 0 Å². The molecule has 0 unspecified atom stereocenters. The molecule has 0 aliphatic carbocycles. The molecule has 0 atom stereocenters. The van der Waals surface area contributed by atoms with Gasteiger partial charge in [0.2, 0.25) is 0 Å². The fraction of sp³-hybridized carbons (Fsp3) is 0.375. The van der Waals surface area contributed by atoms with Crippen molar-refractivity contribution in [1.29, 1.82) is 0 Å². The van der Waals surface area contributed by atoms with E-state index in [0.717, 1.165) is 31.2 Å². The Bertz CT molecular complexity index is 704. The van der Waals surface area contributed by atoms with Gasteiger partial charge in [0.05, 0.1) is 11.8 Å². The van der Waals surface area contributed by atoms with Crippen LogP contribution in [-0.2, 0) is 0 Å². The topological polar surface area (TPSA) is 83.0 Å². The van der Waals surface area contributed by atoms with Gasteiger partial charge in [0.25, 0.3) is 5.91 Å². The molecule has 0 radical (unpaired) electrons. The lowest BCUT2D eigenvalue weighted by atomic mass is 10.2. The summed E-state index contributed by atoms with van der Waals surface area (Å²) in [5, 5.41) is 5.85. The summed E-state index contributed by atoms with van der Waals surface area (Å²) in [6.07, 6.45) is 6.30. The van der Waals surface area contributed by atoms with Gasteiger partial charge in [-0.05, 0) is 18.9 Å². The SMILES string of the molecule is O=C(NCCNc1cc(N2CCCC2)ncn1)c1cncc(F)c1. The summed E-state index contributed by atoms with van der Waals surface area (Å²) >= 11 is 0. The van der Waals surface area contributed by atoms with Crippen molar-refractivity contribution in [2.75, 3.05) is 36.4 Å². The van der Waals surface area contributed by atoms with Crippen molar-refractivity contribution >= 4 is 17.5 Å². The second kappa shape index (κ2) is 7.67. The Morgan fingerprint density at radius 3 is 2.79 bits per heavy atom. The first-order valence-corrected chi connectivity index (χ1v) is 7.92. The molecule has 0 bridgehead atoms. The molecule has 2 aromatic heterocycles. The van der Waals surface area contributed by atoms with E-state index in [2.05, 4.69) is 30.5 Å². The number of anilines is 2. The first-order chi connectivity index (χ1) is 11.7. The van der Waals surface area contributed by atoms with Crippen molar-refractivity contribution in [2.24, 2.45) is 0 Å². The minimum absolute atomic E-state index is 0.202. The van der Waals surface area contributed by atoms with Gasteiger partial charge in [0, 0.05) is 38.4 Å². The van der Waals surface area contributed by atoms with Crippen molar-refractivity contribution in [1.82, 2.24) is 20.3 Å². The van der Waals surface area contributed by atoms with E-state index in [1.807, 2.05) is 6.07 Å². The van der Waals surface area contributed by atoms with Gasteiger partial charge in [-0.3, -0.25) is 9.78 Å². The number of carbonyl (C=O) groups excluding carboxylic acids is 1. The van der Waals surface area contributed by atoms with E-state index in [0.29, 0.717) is 18.9 Å². The standard InChI is InChI=1S/C16H19FN6O/c17-13-7-12(9-18-10-13)16(24)20-4-3-19-14-8-15(22-11-21-14)23-5-1-2-6-23/h7-11H,1-6H2,(H,20,24)(H,19,21,22). The van der Waals surface area contributed by atoms with Crippen LogP contribution in [0.4, 0.5) is 16.0 Å². The lowest BCUT2D eigenvalue weighted by Crippen LogP contribution is -2.29. The number of nitrogens with one attached hydrogen (secondary N) is 2. The van der Waals surface area contributed by atoms with Gasteiger partial charge in [0.15, 0.2) is 0 Å². The third-order valence-corrected chi connectivity index (χ3v) is 3.77.